The number of hydrogen-bond donors (Lipinski definition) is 0. The zero-order chi connectivity index (χ0) is 22.6. The summed E-state index contributed by atoms with van der Waals surface area (Å²) in [6.45, 7) is 4.65. The third kappa shape index (κ3) is 3.31. The van der Waals surface area contributed by atoms with Gasteiger partial charge in [0.15, 0.2) is 5.16 Å². The third-order valence-electron chi connectivity index (χ3n) is 6.13. The number of rotatable bonds is 5. The van der Waals surface area contributed by atoms with Gasteiger partial charge in [0.25, 0.3) is 21.5 Å². The highest BCUT2D eigenvalue weighted by atomic mass is 32.2. The zero-order valence-electron chi connectivity index (χ0n) is 17.8. The normalized spacial score (nSPS) is 19.4. The SMILES string of the molecule is CCn1c(SCCN2C(=O)c3ccccc3S2(=O)=O)nc2sc3c(c2c1=O)CCC(C)C3. The number of nitrogens with zero attached hydrogens (tertiary/aromatic N) is 3. The second-order valence-electron chi connectivity index (χ2n) is 8.20. The van der Waals surface area contributed by atoms with E-state index in [1.165, 1.54) is 28.8 Å². The Morgan fingerprint density at radius 2 is 2.03 bits per heavy atom. The minimum atomic E-state index is -3.83. The lowest BCUT2D eigenvalue weighted by atomic mass is 9.89. The van der Waals surface area contributed by atoms with E-state index in [9.17, 15) is 18.0 Å². The zero-order valence-corrected chi connectivity index (χ0v) is 20.3. The first-order chi connectivity index (χ1) is 15.3. The summed E-state index contributed by atoms with van der Waals surface area (Å²) in [6, 6.07) is 6.26. The minimum absolute atomic E-state index is 0.0238. The molecule has 1 aliphatic heterocycles. The molecule has 3 heterocycles. The smallest absolute Gasteiger partial charge is 0.269 e. The number of sulfonamides is 1. The molecule has 1 aromatic carbocycles. The molecule has 0 spiro atoms. The number of hydrogen-bond acceptors (Lipinski definition) is 7. The summed E-state index contributed by atoms with van der Waals surface area (Å²) >= 11 is 2.92. The van der Waals surface area contributed by atoms with Gasteiger partial charge in [-0.3, -0.25) is 14.2 Å². The first kappa shape index (κ1) is 21.7. The molecule has 0 fully saturated rings. The largest absolute Gasteiger partial charge is 0.287 e. The molecule has 7 nitrogen and oxygen atoms in total. The average Bonchev–Trinajstić information content (AvgIpc) is 3.21. The number of carbonyl (C=O) groups is 1. The molecule has 10 heteroatoms. The highest BCUT2D eigenvalue weighted by Crippen LogP contribution is 2.37. The van der Waals surface area contributed by atoms with Crippen LogP contribution in [-0.4, -0.2) is 40.5 Å². The van der Waals surface area contributed by atoms with E-state index < -0.39 is 15.9 Å². The van der Waals surface area contributed by atoms with Crippen molar-refractivity contribution in [1.29, 1.82) is 0 Å². The van der Waals surface area contributed by atoms with E-state index in [1.54, 1.807) is 28.0 Å². The van der Waals surface area contributed by atoms with Crippen LogP contribution in [-0.2, 0) is 29.4 Å². The molecule has 0 bridgehead atoms. The molecular weight excluding hydrogens is 466 g/mol. The molecule has 32 heavy (non-hydrogen) atoms. The highest BCUT2D eigenvalue weighted by Gasteiger charge is 2.40. The summed E-state index contributed by atoms with van der Waals surface area (Å²) in [5, 5.41) is 1.31. The lowest BCUT2D eigenvalue weighted by Gasteiger charge is -2.18. The Morgan fingerprint density at radius 3 is 2.78 bits per heavy atom. The molecule has 3 aromatic rings. The lowest BCUT2D eigenvalue weighted by Crippen LogP contribution is -2.32. The topological polar surface area (TPSA) is 89.3 Å². The number of amides is 1. The number of aromatic nitrogens is 2. The Labute approximate surface area is 194 Å². The number of carbonyl (C=O) groups excluding carboxylic acids is 1. The van der Waals surface area contributed by atoms with Crippen LogP contribution < -0.4 is 5.56 Å². The Bertz CT molecular complexity index is 1410. The summed E-state index contributed by atoms with van der Waals surface area (Å²) in [4.78, 5) is 32.8. The Morgan fingerprint density at radius 1 is 1.25 bits per heavy atom. The molecule has 168 valence electrons. The van der Waals surface area contributed by atoms with Crippen molar-refractivity contribution in [2.45, 2.75) is 49.7 Å². The monoisotopic (exact) mass is 489 g/mol. The number of thiophene rings is 1. The van der Waals surface area contributed by atoms with Crippen molar-refractivity contribution < 1.29 is 13.2 Å². The van der Waals surface area contributed by atoms with Gasteiger partial charge in [0.2, 0.25) is 0 Å². The highest BCUT2D eigenvalue weighted by molar-refractivity contribution is 7.99. The Hall–Kier alpha value is -2.17. The molecule has 2 aliphatic rings. The van der Waals surface area contributed by atoms with E-state index in [0.29, 0.717) is 23.4 Å². The van der Waals surface area contributed by atoms with Crippen LogP contribution in [0.3, 0.4) is 0 Å². The number of thioether (sulfide) groups is 1. The van der Waals surface area contributed by atoms with E-state index in [1.807, 2.05) is 6.92 Å². The summed E-state index contributed by atoms with van der Waals surface area (Å²) < 4.78 is 28.1. The lowest BCUT2D eigenvalue weighted by molar-refractivity contribution is 0.0876. The van der Waals surface area contributed by atoms with E-state index in [4.69, 9.17) is 4.98 Å². The average molecular weight is 490 g/mol. The van der Waals surface area contributed by atoms with Crippen molar-refractivity contribution in [1.82, 2.24) is 13.9 Å². The maximum Gasteiger partial charge on any atom is 0.269 e. The summed E-state index contributed by atoms with van der Waals surface area (Å²) in [5.74, 6) is 0.429. The van der Waals surface area contributed by atoms with Gasteiger partial charge in [-0.2, -0.15) is 0 Å². The van der Waals surface area contributed by atoms with Crippen molar-refractivity contribution in [3.8, 4) is 0 Å². The molecule has 0 N–H and O–H groups in total. The maximum atomic E-state index is 13.3. The van der Waals surface area contributed by atoms with Gasteiger partial charge in [-0.15, -0.1) is 11.3 Å². The van der Waals surface area contributed by atoms with Crippen molar-refractivity contribution in [2.75, 3.05) is 12.3 Å². The summed E-state index contributed by atoms with van der Waals surface area (Å²) in [7, 11) is -3.83. The fraction of sp³-hybridized carbons (Fsp3) is 0.409. The summed E-state index contributed by atoms with van der Waals surface area (Å²) in [5.41, 5.74) is 1.34. The van der Waals surface area contributed by atoms with Crippen LogP contribution in [0.25, 0.3) is 10.2 Å². The van der Waals surface area contributed by atoms with Crippen LogP contribution in [0.15, 0.2) is 39.1 Å². The molecule has 0 saturated carbocycles. The molecule has 1 amide bonds. The van der Waals surface area contributed by atoms with Gasteiger partial charge in [-0.25, -0.2) is 17.7 Å². The Kier molecular flexibility index (Phi) is 5.42. The summed E-state index contributed by atoms with van der Waals surface area (Å²) in [6.07, 6.45) is 2.99. The van der Waals surface area contributed by atoms with Gasteiger partial charge in [-0.1, -0.05) is 30.8 Å². The van der Waals surface area contributed by atoms with E-state index in [-0.39, 0.29) is 22.6 Å². The minimum Gasteiger partial charge on any atom is -0.287 e. The van der Waals surface area contributed by atoms with E-state index in [2.05, 4.69) is 6.92 Å². The molecule has 1 unspecified atom stereocenters. The van der Waals surface area contributed by atoms with Crippen LogP contribution in [0.4, 0.5) is 0 Å². The maximum absolute atomic E-state index is 13.3. The molecule has 2 aromatic heterocycles. The van der Waals surface area contributed by atoms with Gasteiger partial charge < -0.3 is 0 Å². The van der Waals surface area contributed by atoms with Crippen LogP contribution in [0.5, 0.6) is 0 Å². The molecular formula is C22H23N3O4S3. The first-order valence-corrected chi connectivity index (χ1v) is 13.9. The predicted molar refractivity (Wildman–Crippen MR) is 126 cm³/mol. The van der Waals surface area contributed by atoms with Gasteiger partial charge in [0, 0.05) is 23.7 Å². The standard InChI is InChI=1S/C22H23N3O4S3/c1-3-24-21(27)18-14-9-8-13(2)12-16(14)31-19(18)23-22(24)30-11-10-25-20(26)15-6-4-5-7-17(15)32(25,28)29/h4-7,13H,3,8-12H2,1-2H3. The van der Waals surface area contributed by atoms with Gasteiger partial charge in [-0.05, 0) is 49.8 Å². The van der Waals surface area contributed by atoms with Gasteiger partial charge in [0.05, 0.1) is 10.9 Å². The van der Waals surface area contributed by atoms with Crippen molar-refractivity contribution in [3.63, 3.8) is 0 Å². The third-order valence-corrected chi connectivity index (χ3v) is 10.1. The number of fused-ring (bicyclic) bond motifs is 4. The second-order valence-corrected chi connectivity index (χ2v) is 12.2. The molecule has 1 atom stereocenters. The fourth-order valence-electron chi connectivity index (χ4n) is 4.47. The fourth-order valence-corrected chi connectivity index (χ4v) is 8.56. The first-order valence-electron chi connectivity index (χ1n) is 10.7. The van der Waals surface area contributed by atoms with Crippen molar-refractivity contribution in [3.05, 3.63) is 50.6 Å². The van der Waals surface area contributed by atoms with Crippen LogP contribution >= 0.6 is 23.1 Å². The van der Waals surface area contributed by atoms with Crippen LogP contribution in [0.1, 0.15) is 41.1 Å². The van der Waals surface area contributed by atoms with Crippen molar-refractivity contribution >= 4 is 49.2 Å². The molecule has 5 rings (SSSR count). The van der Waals surface area contributed by atoms with E-state index in [0.717, 1.165) is 39.3 Å². The number of benzene rings is 1. The van der Waals surface area contributed by atoms with E-state index >= 15 is 0 Å². The van der Waals surface area contributed by atoms with Crippen molar-refractivity contribution in [2.24, 2.45) is 5.92 Å². The molecule has 1 aliphatic carbocycles. The molecule has 0 saturated heterocycles. The second kappa shape index (κ2) is 8.00. The Balaban J connectivity index is 1.42. The van der Waals surface area contributed by atoms with Gasteiger partial charge >= 0.3 is 0 Å². The number of aryl methyl sites for hydroxylation is 1. The molecule has 0 radical (unpaired) electrons. The van der Waals surface area contributed by atoms with Crippen LogP contribution in [0, 0.1) is 5.92 Å². The predicted octanol–water partition coefficient (Wildman–Crippen LogP) is 3.54. The quantitative estimate of drug-likeness (QED) is 0.402. The van der Waals surface area contributed by atoms with Gasteiger partial charge in [0.1, 0.15) is 9.73 Å². The van der Waals surface area contributed by atoms with Crippen LogP contribution in [0.2, 0.25) is 0 Å².